The second-order valence-electron chi connectivity index (χ2n) is 11.6. The Morgan fingerprint density at radius 1 is 1.03 bits per heavy atom. The third kappa shape index (κ3) is 7.28. The van der Waals surface area contributed by atoms with Gasteiger partial charge < -0.3 is 14.4 Å². The van der Waals surface area contributed by atoms with Gasteiger partial charge >= 0.3 is 0 Å². The molecule has 1 saturated heterocycles. The molecule has 0 amide bonds. The summed E-state index contributed by atoms with van der Waals surface area (Å²) in [4.78, 5) is 4.35. The summed E-state index contributed by atoms with van der Waals surface area (Å²) in [5.74, 6) is 0. The molecule has 2 aromatic carbocycles. The largest absolute Gasteiger partial charge is 0.349 e. The number of aromatic amines is 1. The summed E-state index contributed by atoms with van der Waals surface area (Å²) in [5.41, 5.74) is 1.13. The molecule has 0 bridgehead atoms. The average molecular weight is 542 g/mol. The first-order valence-corrected chi connectivity index (χ1v) is 13.5. The van der Waals surface area contributed by atoms with Crippen molar-refractivity contribution in [2.75, 3.05) is 27.2 Å². The number of hydrogen-bond donors (Lipinski definition) is 1. The number of nitrogens with one attached hydrogen (secondary N) is 1. The molecule has 1 aromatic heterocycles. The van der Waals surface area contributed by atoms with Crippen LogP contribution in [0.25, 0.3) is 0 Å². The highest BCUT2D eigenvalue weighted by atomic mass is 19.1. The second-order valence-corrected chi connectivity index (χ2v) is 11.6. The van der Waals surface area contributed by atoms with Crippen LogP contribution in [0.15, 0.2) is 48.5 Å². The molecule has 2 heterocycles. The monoisotopic (exact) mass is 541 g/mol. The van der Waals surface area contributed by atoms with Gasteiger partial charge in [-0.15, -0.1) is 0 Å². The van der Waals surface area contributed by atoms with E-state index < -0.39 is 23.7 Å². The summed E-state index contributed by atoms with van der Waals surface area (Å²) in [6.45, 7) is 10.2. The predicted octanol–water partition coefficient (Wildman–Crippen LogP) is 5.95. The van der Waals surface area contributed by atoms with E-state index in [0.29, 0.717) is 42.9 Å². The molecule has 4 rings (SSSR count). The Morgan fingerprint density at radius 2 is 1.64 bits per heavy atom. The number of alkyl halides is 2. The SMILES string of the molecule is C[C@@H](O[C@H]1OCCN(Cc2n[nH]nc2CN(C)C)[C@H]1c1ccccc1)c1cc(C(C)(C)F)cc(C(C)(C)F)c1. The van der Waals surface area contributed by atoms with E-state index in [4.69, 9.17) is 9.47 Å². The molecule has 3 aromatic rings. The first-order valence-electron chi connectivity index (χ1n) is 13.5. The molecule has 9 heteroatoms. The van der Waals surface area contributed by atoms with Gasteiger partial charge in [-0.2, -0.15) is 15.4 Å². The van der Waals surface area contributed by atoms with E-state index in [1.54, 1.807) is 18.2 Å². The summed E-state index contributed by atoms with van der Waals surface area (Å²) in [6.07, 6.45) is -1.08. The van der Waals surface area contributed by atoms with Crippen LogP contribution in [-0.4, -0.2) is 58.7 Å². The van der Waals surface area contributed by atoms with Crippen molar-refractivity contribution in [1.82, 2.24) is 25.2 Å². The number of H-pyrrole nitrogens is 1. The Bertz CT molecular complexity index is 1190. The minimum absolute atomic E-state index is 0.218. The van der Waals surface area contributed by atoms with Crippen LogP contribution in [0.3, 0.4) is 0 Å². The maximum Gasteiger partial charge on any atom is 0.177 e. The number of morpholine rings is 1. The lowest BCUT2D eigenvalue weighted by atomic mass is 9.89. The first kappa shape index (κ1) is 29.3. The fourth-order valence-electron chi connectivity index (χ4n) is 4.87. The van der Waals surface area contributed by atoms with Crippen molar-refractivity contribution < 1.29 is 18.3 Å². The molecule has 1 aliphatic rings. The van der Waals surface area contributed by atoms with Gasteiger partial charge in [0, 0.05) is 19.6 Å². The fourth-order valence-corrected chi connectivity index (χ4v) is 4.87. The van der Waals surface area contributed by atoms with E-state index in [0.717, 1.165) is 17.0 Å². The van der Waals surface area contributed by atoms with Crippen molar-refractivity contribution in [1.29, 1.82) is 0 Å². The standard InChI is InChI=1S/C30H41F2N5O2/c1-20(22-15-23(29(2,3)31)17-24(16-22)30(4,5)32)39-28-27(21-11-9-8-10-12-21)37(13-14-38-28)19-26-25(18-36(6)7)33-35-34-26/h8-12,15-17,20,27-28H,13-14,18-19H2,1-7H3,(H,33,34,35)/t20-,27+,28-/m1/s1. The summed E-state index contributed by atoms with van der Waals surface area (Å²) in [6, 6.07) is 15.0. The summed E-state index contributed by atoms with van der Waals surface area (Å²) >= 11 is 0. The lowest BCUT2D eigenvalue weighted by molar-refractivity contribution is -0.231. The van der Waals surface area contributed by atoms with E-state index in [2.05, 4.69) is 37.3 Å². The maximum absolute atomic E-state index is 15.0. The highest BCUT2D eigenvalue weighted by Gasteiger charge is 2.37. The van der Waals surface area contributed by atoms with Crippen LogP contribution in [0.5, 0.6) is 0 Å². The van der Waals surface area contributed by atoms with E-state index >= 15 is 8.78 Å². The van der Waals surface area contributed by atoms with Gasteiger partial charge in [0.2, 0.25) is 0 Å². The second kappa shape index (κ2) is 11.8. The van der Waals surface area contributed by atoms with Crippen LogP contribution in [0, 0.1) is 0 Å². The Labute approximate surface area is 230 Å². The van der Waals surface area contributed by atoms with Crippen LogP contribution in [0.4, 0.5) is 8.78 Å². The van der Waals surface area contributed by atoms with Crippen LogP contribution < -0.4 is 0 Å². The number of benzene rings is 2. The molecular weight excluding hydrogens is 500 g/mol. The highest BCUT2D eigenvalue weighted by Crippen LogP contribution is 2.38. The molecule has 39 heavy (non-hydrogen) atoms. The fraction of sp³-hybridized carbons (Fsp3) is 0.533. The molecule has 0 spiro atoms. The van der Waals surface area contributed by atoms with Crippen LogP contribution in [-0.2, 0) is 33.9 Å². The molecule has 0 saturated carbocycles. The van der Waals surface area contributed by atoms with Gasteiger partial charge in [-0.25, -0.2) is 8.78 Å². The van der Waals surface area contributed by atoms with Gasteiger partial charge in [-0.05, 0) is 77.0 Å². The minimum atomic E-state index is -1.62. The van der Waals surface area contributed by atoms with Gasteiger partial charge in [0.25, 0.3) is 0 Å². The third-order valence-electron chi connectivity index (χ3n) is 7.11. The topological polar surface area (TPSA) is 66.5 Å². The van der Waals surface area contributed by atoms with Crippen molar-refractivity contribution in [3.05, 3.63) is 82.2 Å². The molecule has 1 aliphatic heterocycles. The smallest absolute Gasteiger partial charge is 0.177 e. The number of ether oxygens (including phenoxy) is 2. The van der Waals surface area contributed by atoms with Crippen molar-refractivity contribution in [2.45, 2.75) is 77.5 Å². The average Bonchev–Trinajstić information content (AvgIpc) is 3.29. The van der Waals surface area contributed by atoms with Crippen molar-refractivity contribution in [2.24, 2.45) is 0 Å². The highest BCUT2D eigenvalue weighted by molar-refractivity contribution is 5.37. The number of rotatable bonds is 10. The lowest BCUT2D eigenvalue weighted by Gasteiger charge is -2.42. The molecule has 0 radical (unpaired) electrons. The Kier molecular flexibility index (Phi) is 8.85. The Balaban J connectivity index is 1.64. The normalized spacial score (nSPS) is 19.9. The summed E-state index contributed by atoms with van der Waals surface area (Å²) < 4.78 is 42.8. The van der Waals surface area contributed by atoms with Crippen LogP contribution in [0.1, 0.15) is 80.4 Å². The number of aromatic nitrogens is 3. The maximum atomic E-state index is 15.0. The number of halogens is 2. The molecule has 0 aliphatic carbocycles. The molecule has 1 N–H and O–H groups in total. The van der Waals surface area contributed by atoms with Crippen LogP contribution in [0.2, 0.25) is 0 Å². The molecule has 3 atom stereocenters. The quantitative estimate of drug-likeness (QED) is 0.342. The molecule has 212 valence electrons. The zero-order chi connectivity index (χ0) is 28.4. The van der Waals surface area contributed by atoms with Gasteiger partial charge in [0.15, 0.2) is 6.29 Å². The molecule has 0 unspecified atom stereocenters. The first-order chi connectivity index (χ1) is 18.3. The van der Waals surface area contributed by atoms with Gasteiger partial charge in [-0.3, -0.25) is 4.90 Å². The number of nitrogens with zero attached hydrogens (tertiary/aromatic N) is 4. The third-order valence-corrected chi connectivity index (χ3v) is 7.11. The van der Waals surface area contributed by atoms with Gasteiger partial charge in [-0.1, -0.05) is 42.5 Å². The molecular formula is C30H41F2N5O2. The van der Waals surface area contributed by atoms with E-state index in [9.17, 15) is 0 Å². The van der Waals surface area contributed by atoms with Crippen molar-refractivity contribution in [3.8, 4) is 0 Å². The summed E-state index contributed by atoms with van der Waals surface area (Å²) in [5, 5.41) is 11.6. The van der Waals surface area contributed by atoms with Crippen molar-refractivity contribution >= 4 is 0 Å². The molecule has 1 fully saturated rings. The van der Waals surface area contributed by atoms with E-state index in [1.165, 1.54) is 27.7 Å². The Hall–Kier alpha value is -2.72. The Morgan fingerprint density at radius 3 is 2.23 bits per heavy atom. The van der Waals surface area contributed by atoms with E-state index in [-0.39, 0.29) is 6.04 Å². The van der Waals surface area contributed by atoms with Crippen molar-refractivity contribution in [3.63, 3.8) is 0 Å². The zero-order valence-corrected chi connectivity index (χ0v) is 24.0. The van der Waals surface area contributed by atoms with Gasteiger partial charge in [0.05, 0.1) is 18.8 Å². The molecule has 7 nitrogen and oxygen atoms in total. The van der Waals surface area contributed by atoms with Gasteiger partial charge in [0.1, 0.15) is 22.7 Å². The predicted molar refractivity (Wildman–Crippen MR) is 147 cm³/mol. The number of hydrogen-bond acceptors (Lipinski definition) is 6. The minimum Gasteiger partial charge on any atom is -0.349 e. The van der Waals surface area contributed by atoms with Crippen LogP contribution >= 0.6 is 0 Å². The zero-order valence-electron chi connectivity index (χ0n) is 24.0. The van der Waals surface area contributed by atoms with E-state index in [1.807, 2.05) is 39.2 Å². The lowest BCUT2D eigenvalue weighted by Crippen LogP contribution is -2.46. The summed E-state index contributed by atoms with van der Waals surface area (Å²) in [7, 11) is 4.00.